The summed E-state index contributed by atoms with van der Waals surface area (Å²) in [7, 11) is -2.58. The fraction of sp³-hybridized carbons (Fsp3) is 0.188. The zero-order chi connectivity index (χ0) is 27.3. The fourth-order valence-electron chi connectivity index (χ4n) is 4.61. The Kier molecular flexibility index (Phi) is 14.3. The van der Waals surface area contributed by atoms with Crippen LogP contribution in [-0.4, -0.2) is 33.5 Å². The van der Waals surface area contributed by atoms with Crippen molar-refractivity contribution in [3.8, 4) is 0 Å². The number of hydrogen-bond donors (Lipinski definition) is 2. The number of rotatable bonds is 10. The number of benzene rings is 4. The molecular formula is C32H36O4P2Pd+2. The summed E-state index contributed by atoms with van der Waals surface area (Å²) in [4.78, 5) is 23.1. The molecule has 0 heterocycles. The number of hydrogen-bond acceptors (Lipinski definition) is 2. The summed E-state index contributed by atoms with van der Waals surface area (Å²) < 4.78 is 0. The number of carboxylic acids is 2. The van der Waals surface area contributed by atoms with Crippen molar-refractivity contribution in [1.82, 2.24) is 0 Å². The van der Waals surface area contributed by atoms with Crippen molar-refractivity contribution in [2.45, 2.75) is 38.0 Å². The summed E-state index contributed by atoms with van der Waals surface area (Å²) in [5.41, 5.74) is -0.593. The molecule has 206 valence electrons. The predicted octanol–water partition coefficient (Wildman–Crippen LogP) is 5.43. The van der Waals surface area contributed by atoms with Gasteiger partial charge < -0.3 is 10.2 Å². The SMILES string of the molecule is CCC(C(=O)O)[PH+](c1ccccc1)c1ccccc1.CCC(C(=O)O)[PH+](c1ccccc1)c1ccccc1.[Pd]. The zero-order valence-electron chi connectivity index (χ0n) is 22.1. The topological polar surface area (TPSA) is 74.6 Å². The molecule has 39 heavy (non-hydrogen) atoms. The second kappa shape index (κ2) is 17.1. The Morgan fingerprint density at radius 2 is 0.718 bits per heavy atom. The Bertz CT molecular complexity index is 1080. The maximum absolute atomic E-state index is 11.5. The molecular weight excluding hydrogens is 617 g/mol. The first-order chi connectivity index (χ1) is 18.5. The Morgan fingerprint density at radius 3 is 0.872 bits per heavy atom. The molecule has 0 spiro atoms. The molecule has 4 nitrogen and oxygen atoms in total. The van der Waals surface area contributed by atoms with Gasteiger partial charge in [0.15, 0.2) is 11.3 Å². The summed E-state index contributed by atoms with van der Waals surface area (Å²) in [6.07, 6.45) is 1.32. The van der Waals surface area contributed by atoms with Gasteiger partial charge in [-0.25, -0.2) is 9.59 Å². The molecule has 0 saturated heterocycles. The van der Waals surface area contributed by atoms with Crippen LogP contribution in [0.2, 0.25) is 0 Å². The first-order valence-corrected chi connectivity index (χ1v) is 16.0. The third-order valence-electron chi connectivity index (χ3n) is 6.45. The van der Waals surface area contributed by atoms with Gasteiger partial charge in [-0.15, -0.1) is 0 Å². The van der Waals surface area contributed by atoms with Gasteiger partial charge in [-0.05, 0) is 61.4 Å². The van der Waals surface area contributed by atoms with Crippen molar-refractivity contribution < 1.29 is 40.2 Å². The van der Waals surface area contributed by atoms with E-state index < -0.39 is 27.8 Å². The minimum atomic E-state index is -1.29. The molecule has 0 amide bonds. The number of carbonyl (C=O) groups is 2. The van der Waals surface area contributed by atoms with Crippen LogP contribution in [0, 0.1) is 0 Å². The van der Waals surface area contributed by atoms with Crippen molar-refractivity contribution in [1.29, 1.82) is 0 Å². The summed E-state index contributed by atoms with van der Waals surface area (Å²) in [6, 6.07) is 40.1. The molecule has 0 fully saturated rings. The van der Waals surface area contributed by atoms with Crippen molar-refractivity contribution >= 4 is 49.0 Å². The van der Waals surface area contributed by atoms with E-state index in [2.05, 4.69) is 0 Å². The summed E-state index contributed by atoms with van der Waals surface area (Å²) in [6.45, 7) is 3.91. The van der Waals surface area contributed by atoms with Gasteiger partial charge in [0.05, 0.1) is 37.1 Å². The molecule has 7 heteroatoms. The van der Waals surface area contributed by atoms with E-state index in [4.69, 9.17) is 0 Å². The fourth-order valence-corrected chi connectivity index (χ4v) is 10.4. The van der Waals surface area contributed by atoms with E-state index in [1.54, 1.807) is 0 Å². The molecule has 4 rings (SSSR count). The molecule has 2 atom stereocenters. The minimum Gasteiger partial charge on any atom is -0.478 e. The number of carboxylic acid groups (broad SMARTS) is 2. The summed E-state index contributed by atoms with van der Waals surface area (Å²) in [5, 5.41) is 23.6. The monoisotopic (exact) mass is 652 g/mol. The third kappa shape index (κ3) is 9.20. The van der Waals surface area contributed by atoms with Crippen molar-refractivity contribution in [2.75, 3.05) is 0 Å². The summed E-state index contributed by atoms with van der Waals surface area (Å²) in [5.74, 6) is -1.38. The van der Waals surface area contributed by atoms with Gasteiger partial charge in [0, 0.05) is 20.4 Å². The minimum absolute atomic E-state index is 0. The standard InChI is InChI=1S/2C16H17O2P.Pd/c2*1-2-15(16(17)18)19(13-9-5-3-6-10-13)14-11-7-4-8-12-14;/h2*3-12,15H,2H2,1H3,(H,17,18);/p+2. The Labute approximate surface area is 247 Å². The molecule has 2 unspecified atom stereocenters. The molecule has 2 N–H and O–H groups in total. The van der Waals surface area contributed by atoms with E-state index in [0.29, 0.717) is 12.8 Å². The van der Waals surface area contributed by atoms with Gasteiger partial charge in [0.25, 0.3) is 0 Å². The van der Waals surface area contributed by atoms with E-state index in [-0.39, 0.29) is 31.7 Å². The van der Waals surface area contributed by atoms with Crippen LogP contribution in [0.25, 0.3) is 0 Å². The number of aliphatic carboxylic acids is 2. The first kappa shape index (κ1) is 32.6. The first-order valence-electron chi connectivity index (χ1n) is 12.9. The predicted molar refractivity (Wildman–Crippen MR) is 164 cm³/mol. The van der Waals surface area contributed by atoms with Crippen LogP contribution >= 0.6 is 15.8 Å². The van der Waals surface area contributed by atoms with Crippen molar-refractivity contribution in [2.24, 2.45) is 0 Å². The van der Waals surface area contributed by atoms with E-state index in [1.165, 1.54) is 0 Å². The van der Waals surface area contributed by atoms with Crippen LogP contribution in [0.1, 0.15) is 26.7 Å². The van der Waals surface area contributed by atoms with E-state index >= 15 is 0 Å². The van der Waals surface area contributed by atoms with E-state index in [9.17, 15) is 19.8 Å². The quantitative estimate of drug-likeness (QED) is 0.177. The molecule has 0 aliphatic rings. The van der Waals surface area contributed by atoms with Crippen LogP contribution < -0.4 is 21.2 Å². The summed E-state index contributed by atoms with van der Waals surface area (Å²) >= 11 is 0. The van der Waals surface area contributed by atoms with Crippen LogP contribution in [0.3, 0.4) is 0 Å². The van der Waals surface area contributed by atoms with Crippen LogP contribution in [0.15, 0.2) is 121 Å². The maximum Gasteiger partial charge on any atom is 0.345 e. The molecule has 0 aromatic heterocycles. The second-order valence-corrected chi connectivity index (χ2v) is 14.2. The molecule has 0 aliphatic carbocycles. The second-order valence-electron chi connectivity index (χ2n) is 8.89. The zero-order valence-corrected chi connectivity index (χ0v) is 25.7. The van der Waals surface area contributed by atoms with Gasteiger partial charge in [0.1, 0.15) is 0 Å². The van der Waals surface area contributed by atoms with Crippen molar-refractivity contribution in [3.63, 3.8) is 0 Å². The maximum atomic E-state index is 11.5. The Morgan fingerprint density at radius 1 is 0.513 bits per heavy atom. The molecule has 4 aromatic rings. The smallest absolute Gasteiger partial charge is 0.345 e. The van der Waals surface area contributed by atoms with E-state index in [1.807, 2.05) is 135 Å². The van der Waals surface area contributed by atoms with Gasteiger partial charge in [0.2, 0.25) is 0 Å². The molecule has 0 bridgehead atoms. The Balaban J connectivity index is 0.000000267. The average Bonchev–Trinajstić information content (AvgIpc) is 2.96. The molecule has 0 radical (unpaired) electrons. The molecule has 4 aromatic carbocycles. The van der Waals surface area contributed by atoms with Gasteiger partial charge in [-0.2, -0.15) is 0 Å². The van der Waals surface area contributed by atoms with Crippen LogP contribution in [-0.2, 0) is 30.0 Å². The van der Waals surface area contributed by atoms with Gasteiger partial charge in [-0.1, -0.05) is 86.6 Å². The van der Waals surface area contributed by atoms with Crippen molar-refractivity contribution in [3.05, 3.63) is 121 Å². The third-order valence-corrected chi connectivity index (χ3v) is 13.0. The van der Waals surface area contributed by atoms with Crippen LogP contribution in [0.4, 0.5) is 0 Å². The molecule has 0 aliphatic heterocycles. The largest absolute Gasteiger partial charge is 0.478 e. The average molecular weight is 653 g/mol. The van der Waals surface area contributed by atoms with Gasteiger partial charge in [-0.3, -0.25) is 0 Å². The molecule has 0 saturated carbocycles. The van der Waals surface area contributed by atoms with E-state index in [0.717, 1.165) is 21.2 Å². The van der Waals surface area contributed by atoms with Gasteiger partial charge >= 0.3 is 11.9 Å². The Hall–Kier alpha value is -2.66. The normalized spacial score (nSPS) is 12.0. The van der Waals surface area contributed by atoms with Crippen LogP contribution in [0.5, 0.6) is 0 Å².